The van der Waals surface area contributed by atoms with E-state index in [9.17, 15) is 0 Å². The van der Waals surface area contributed by atoms with E-state index < -0.39 is 5.60 Å². The molecule has 0 radical (unpaired) electrons. The molecular formula is C19H30IN3O2. The lowest BCUT2D eigenvalue weighted by Gasteiger charge is -2.38. The Balaban J connectivity index is 0.00000225. The fraction of sp³-hybridized carbons (Fsp3) is 0.632. The molecule has 1 saturated heterocycles. The Morgan fingerprint density at radius 3 is 2.68 bits per heavy atom. The number of aliphatic imine (C=N–C) groups is 1. The van der Waals surface area contributed by atoms with Gasteiger partial charge in [-0.2, -0.15) is 0 Å². The second kappa shape index (κ2) is 9.73. The molecule has 0 aromatic heterocycles. The maximum atomic E-state index is 6.29. The van der Waals surface area contributed by atoms with Crippen LogP contribution in [0.3, 0.4) is 0 Å². The fourth-order valence-electron chi connectivity index (χ4n) is 3.75. The van der Waals surface area contributed by atoms with Crippen LogP contribution in [0.4, 0.5) is 0 Å². The predicted octanol–water partition coefficient (Wildman–Crippen LogP) is 2.91. The highest BCUT2D eigenvalue weighted by atomic mass is 127. The summed E-state index contributed by atoms with van der Waals surface area (Å²) >= 11 is 0. The number of fused-ring (bicyclic) bond motifs is 1. The van der Waals surface area contributed by atoms with Gasteiger partial charge < -0.3 is 20.1 Å². The second-order valence-corrected chi connectivity index (χ2v) is 6.76. The van der Waals surface area contributed by atoms with Crippen molar-refractivity contribution in [1.29, 1.82) is 0 Å². The summed E-state index contributed by atoms with van der Waals surface area (Å²) in [6, 6.07) is 8.44. The summed E-state index contributed by atoms with van der Waals surface area (Å²) in [6.07, 6.45) is 5.90. The molecule has 0 saturated carbocycles. The van der Waals surface area contributed by atoms with E-state index in [1.54, 1.807) is 7.11 Å². The van der Waals surface area contributed by atoms with Crippen molar-refractivity contribution in [2.24, 2.45) is 10.7 Å². The van der Waals surface area contributed by atoms with E-state index >= 15 is 0 Å². The molecule has 1 aromatic rings. The molecule has 5 nitrogen and oxygen atoms in total. The highest BCUT2D eigenvalue weighted by Crippen LogP contribution is 2.34. The third-order valence-electron chi connectivity index (χ3n) is 5.06. The first-order chi connectivity index (χ1) is 11.7. The number of nitrogens with two attached hydrogens (primary N) is 1. The van der Waals surface area contributed by atoms with Gasteiger partial charge in [-0.05, 0) is 30.4 Å². The lowest BCUT2D eigenvalue weighted by atomic mass is 9.86. The van der Waals surface area contributed by atoms with E-state index in [0.29, 0.717) is 25.7 Å². The van der Waals surface area contributed by atoms with Gasteiger partial charge in [0.1, 0.15) is 5.60 Å². The maximum Gasteiger partial charge on any atom is 0.191 e. The molecule has 2 aliphatic rings. The molecule has 1 aromatic carbocycles. The molecule has 25 heavy (non-hydrogen) atoms. The van der Waals surface area contributed by atoms with Crippen molar-refractivity contribution in [1.82, 2.24) is 4.90 Å². The minimum atomic E-state index is -0.528. The van der Waals surface area contributed by atoms with Gasteiger partial charge in [0.25, 0.3) is 0 Å². The van der Waals surface area contributed by atoms with E-state index in [2.05, 4.69) is 29.2 Å². The number of benzene rings is 1. The van der Waals surface area contributed by atoms with Crippen molar-refractivity contribution in [3.8, 4) is 0 Å². The average molecular weight is 459 g/mol. The van der Waals surface area contributed by atoms with Crippen LogP contribution in [0.2, 0.25) is 0 Å². The largest absolute Gasteiger partial charge is 0.381 e. The van der Waals surface area contributed by atoms with Crippen molar-refractivity contribution < 1.29 is 9.47 Å². The van der Waals surface area contributed by atoms with E-state index in [-0.39, 0.29) is 24.0 Å². The van der Waals surface area contributed by atoms with Crippen molar-refractivity contribution in [2.45, 2.75) is 37.7 Å². The van der Waals surface area contributed by atoms with Gasteiger partial charge in [0.2, 0.25) is 0 Å². The lowest BCUT2D eigenvalue weighted by Crippen LogP contribution is -2.44. The van der Waals surface area contributed by atoms with Crippen LogP contribution in [0.15, 0.2) is 29.3 Å². The van der Waals surface area contributed by atoms with Gasteiger partial charge in [0.05, 0.1) is 19.8 Å². The van der Waals surface area contributed by atoms with Gasteiger partial charge in [-0.1, -0.05) is 37.1 Å². The van der Waals surface area contributed by atoms with Crippen LogP contribution in [0, 0.1) is 0 Å². The molecule has 1 fully saturated rings. The van der Waals surface area contributed by atoms with Crippen molar-refractivity contribution in [2.75, 3.05) is 40.0 Å². The number of rotatable bonds is 4. The van der Waals surface area contributed by atoms with Crippen LogP contribution in [0.25, 0.3) is 0 Å². The Morgan fingerprint density at radius 1 is 1.24 bits per heavy atom. The summed E-state index contributed by atoms with van der Waals surface area (Å²) in [5, 5.41) is 0. The number of halogens is 1. The van der Waals surface area contributed by atoms with Crippen LogP contribution in [-0.2, 0) is 21.5 Å². The SMILES string of the molecule is COCC1(CN=C(N)N2CCCCCC2)OCCc2ccccc21.I. The van der Waals surface area contributed by atoms with Crippen LogP contribution in [0.5, 0.6) is 0 Å². The lowest BCUT2D eigenvalue weighted by molar-refractivity contribution is -0.0960. The molecule has 2 aliphatic heterocycles. The Morgan fingerprint density at radius 2 is 1.96 bits per heavy atom. The molecule has 0 spiro atoms. The summed E-state index contributed by atoms with van der Waals surface area (Å²) < 4.78 is 11.7. The number of methoxy groups -OCH3 is 1. The Kier molecular flexibility index (Phi) is 7.96. The molecule has 1 atom stereocenters. The van der Waals surface area contributed by atoms with Gasteiger partial charge in [0.15, 0.2) is 5.96 Å². The molecule has 2 heterocycles. The van der Waals surface area contributed by atoms with E-state index in [1.807, 2.05) is 0 Å². The first kappa shape index (κ1) is 20.5. The molecule has 1 unspecified atom stereocenters. The number of hydrogen-bond acceptors (Lipinski definition) is 3. The van der Waals surface area contributed by atoms with Gasteiger partial charge in [-0.3, -0.25) is 0 Å². The standard InChI is InChI=1S/C19H29N3O2.HI/c1-23-15-19(17-9-5-4-8-16(17)10-13-24-19)14-21-18(20)22-11-6-2-3-7-12-22;/h4-5,8-9H,2-3,6-7,10-15H2,1H3,(H2,20,21);1H. The van der Waals surface area contributed by atoms with E-state index in [4.69, 9.17) is 20.2 Å². The number of ether oxygens (including phenoxy) is 2. The minimum absolute atomic E-state index is 0. The van der Waals surface area contributed by atoms with Crippen molar-refractivity contribution >= 4 is 29.9 Å². The molecule has 140 valence electrons. The third kappa shape index (κ3) is 4.86. The molecule has 0 aliphatic carbocycles. The summed E-state index contributed by atoms with van der Waals surface area (Å²) in [6.45, 7) is 3.69. The summed E-state index contributed by atoms with van der Waals surface area (Å²) in [4.78, 5) is 6.93. The number of guanidine groups is 1. The van der Waals surface area contributed by atoms with E-state index in [0.717, 1.165) is 19.5 Å². The van der Waals surface area contributed by atoms with Gasteiger partial charge in [-0.25, -0.2) is 4.99 Å². The third-order valence-corrected chi connectivity index (χ3v) is 5.06. The van der Waals surface area contributed by atoms with Crippen molar-refractivity contribution in [3.63, 3.8) is 0 Å². The summed E-state index contributed by atoms with van der Waals surface area (Å²) in [7, 11) is 1.71. The topological polar surface area (TPSA) is 60.1 Å². The molecule has 0 amide bonds. The first-order valence-electron chi connectivity index (χ1n) is 9.01. The summed E-state index contributed by atoms with van der Waals surface area (Å²) in [5.74, 6) is 0.638. The molecular weight excluding hydrogens is 429 g/mol. The first-order valence-corrected chi connectivity index (χ1v) is 9.01. The highest BCUT2D eigenvalue weighted by molar-refractivity contribution is 14.0. The molecule has 3 rings (SSSR count). The van der Waals surface area contributed by atoms with Crippen LogP contribution in [-0.4, -0.2) is 50.8 Å². The normalized spacial score (nSPS) is 24.2. The molecule has 6 heteroatoms. The number of likely N-dealkylation sites (tertiary alicyclic amines) is 1. The van der Waals surface area contributed by atoms with Gasteiger partial charge in [0, 0.05) is 20.2 Å². The van der Waals surface area contributed by atoms with Gasteiger partial charge in [-0.15, -0.1) is 24.0 Å². The Labute approximate surface area is 168 Å². The smallest absolute Gasteiger partial charge is 0.191 e. The van der Waals surface area contributed by atoms with Crippen LogP contribution in [0.1, 0.15) is 36.8 Å². The second-order valence-electron chi connectivity index (χ2n) is 6.76. The Bertz CT molecular complexity index is 574. The van der Waals surface area contributed by atoms with Gasteiger partial charge >= 0.3 is 0 Å². The zero-order valence-electron chi connectivity index (χ0n) is 15.1. The Hall–Kier alpha value is -0.860. The zero-order valence-corrected chi connectivity index (χ0v) is 17.4. The monoisotopic (exact) mass is 459 g/mol. The fourth-order valence-corrected chi connectivity index (χ4v) is 3.75. The van der Waals surface area contributed by atoms with E-state index in [1.165, 1.54) is 36.8 Å². The predicted molar refractivity (Wildman–Crippen MR) is 112 cm³/mol. The highest BCUT2D eigenvalue weighted by Gasteiger charge is 2.38. The van der Waals surface area contributed by atoms with Crippen LogP contribution < -0.4 is 5.73 Å². The number of hydrogen-bond donors (Lipinski definition) is 1. The molecule has 2 N–H and O–H groups in total. The molecule has 0 bridgehead atoms. The van der Waals surface area contributed by atoms with Crippen molar-refractivity contribution in [3.05, 3.63) is 35.4 Å². The zero-order chi connectivity index (χ0) is 16.8. The van der Waals surface area contributed by atoms with Crippen LogP contribution >= 0.6 is 24.0 Å². The quantitative estimate of drug-likeness (QED) is 0.428. The minimum Gasteiger partial charge on any atom is -0.381 e. The summed E-state index contributed by atoms with van der Waals surface area (Å²) in [5.41, 5.74) is 8.27. The number of nitrogens with zero attached hydrogens (tertiary/aromatic N) is 2. The maximum absolute atomic E-state index is 6.29. The average Bonchev–Trinajstić information content (AvgIpc) is 2.90.